The second kappa shape index (κ2) is 9.07. The highest BCUT2D eigenvalue weighted by Crippen LogP contribution is 2.23. The van der Waals surface area contributed by atoms with Crippen LogP contribution >= 0.6 is 0 Å². The van der Waals surface area contributed by atoms with Crippen LogP contribution in [0.25, 0.3) is 0 Å². The maximum Gasteiger partial charge on any atom is 0.170 e. The molecule has 1 aromatic rings. The highest BCUT2D eigenvalue weighted by atomic mass is 16.5. The predicted octanol–water partition coefficient (Wildman–Crippen LogP) is 3.14. The van der Waals surface area contributed by atoms with Crippen molar-refractivity contribution in [3.8, 4) is 11.5 Å². The summed E-state index contributed by atoms with van der Waals surface area (Å²) in [5, 5.41) is 11.7. The third kappa shape index (κ3) is 5.38. The smallest absolute Gasteiger partial charge is 0.170 e. The molecule has 5 heteroatoms. The molecular weight excluding hydrogens is 256 g/mol. The first-order chi connectivity index (χ1) is 9.71. The summed E-state index contributed by atoms with van der Waals surface area (Å²) in [4.78, 5) is 0. The van der Waals surface area contributed by atoms with Crippen LogP contribution in [0.15, 0.2) is 23.4 Å². The fourth-order valence-corrected chi connectivity index (χ4v) is 1.87. The van der Waals surface area contributed by atoms with E-state index in [1.807, 2.05) is 0 Å². The zero-order chi connectivity index (χ0) is 14.8. The molecule has 0 saturated carbocycles. The van der Waals surface area contributed by atoms with Crippen molar-refractivity contribution in [2.75, 3.05) is 13.7 Å². The van der Waals surface area contributed by atoms with Gasteiger partial charge in [0, 0.05) is 11.6 Å². The van der Waals surface area contributed by atoms with Gasteiger partial charge in [-0.15, -0.1) is 0 Å². The van der Waals surface area contributed by atoms with Crippen molar-refractivity contribution >= 4 is 5.84 Å². The molecule has 3 N–H and O–H groups in total. The van der Waals surface area contributed by atoms with Crippen LogP contribution in [0.3, 0.4) is 0 Å². The van der Waals surface area contributed by atoms with Crippen molar-refractivity contribution < 1.29 is 14.7 Å². The molecule has 1 aromatic carbocycles. The fourth-order valence-electron chi connectivity index (χ4n) is 1.87. The summed E-state index contributed by atoms with van der Waals surface area (Å²) in [7, 11) is 1.57. The van der Waals surface area contributed by atoms with Gasteiger partial charge in [-0.3, -0.25) is 0 Å². The molecule has 0 heterocycles. The molecule has 5 nitrogen and oxygen atoms in total. The van der Waals surface area contributed by atoms with Crippen molar-refractivity contribution in [3.63, 3.8) is 0 Å². The third-order valence-electron chi connectivity index (χ3n) is 3.04. The van der Waals surface area contributed by atoms with E-state index in [4.69, 9.17) is 20.4 Å². The van der Waals surface area contributed by atoms with Gasteiger partial charge in [-0.05, 0) is 18.6 Å². The van der Waals surface area contributed by atoms with E-state index >= 15 is 0 Å². The molecule has 20 heavy (non-hydrogen) atoms. The van der Waals surface area contributed by atoms with Gasteiger partial charge in [-0.1, -0.05) is 37.8 Å². The van der Waals surface area contributed by atoms with E-state index in [2.05, 4.69) is 12.1 Å². The number of rotatable bonds is 9. The molecule has 0 atom stereocenters. The first-order valence-electron chi connectivity index (χ1n) is 7.01. The van der Waals surface area contributed by atoms with Gasteiger partial charge in [0.15, 0.2) is 5.84 Å². The van der Waals surface area contributed by atoms with E-state index in [0.717, 1.165) is 6.42 Å². The maximum atomic E-state index is 8.72. The van der Waals surface area contributed by atoms with Crippen molar-refractivity contribution in [2.24, 2.45) is 10.9 Å². The van der Waals surface area contributed by atoms with E-state index in [9.17, 15) is 0 Å². The topological polar surface area (TPSA) is 77.1 Å². The molecule has 0 aliphatic rings. The molecule has 0 fully saturated rings. The second-order valence-corrected chi connectivity index (χ2v) is 4.65. The van der Waals surface area contributed by atoms with Crippen LogP contribution in [0.1, 0.15) is 44.6 Å². The van der Waals surface area contributed by atoms with Gasteiger partial charge in [0.05, 0.1) is 13.7 Å². The SMILES string of the molecule is CCCCCCCOc1cc(OC)cc(/C(N)=N/O)c1. The minimum atomic E-state index is 0.0386. The van der Waals surface area contributed by atoms with Crippen molar-refractivity contribution in [3.05, 3.63) is 23.8 Å². The van der Waals surface area contributed by atoms with Crippen LogP contribution in [0.4, 0.5) is 0 Å². The number of methoxy groups -OCH3 is 1. The quantitative estimate of drug-likeness (QED) is 0.239. The zero-order valence-corrected chi connectivity index (χ0v) is 12.3. The molecule has 0 spiro atoms. The maximum absolute atomic E-state index is 8.72. The van der Waals surface area contributed by atoms with Gasteiger partial charge in [0.1, 0.15) is 11.5 Å². The van der Waals surface area contributed by atoms with Gasteiger partial charge >= 0.3 is 0 Å². The number of nitrogens with zero attached hydrogens (tertiary/aromatic N) is 1. The van der Waals surface area contributed by atoms with E-state index in [0.29, 0.717) is 23.7 Å². The Morgan fingerprint density at radius 1 is 1.15 bits per heavy atom. The Balaban J connectivity index is 2.56. The van der Waals surface area contributed by atoms with Gasteiger partial charge in [-0.25, -0.2) is 0 Å². The van der Waals surface area contributed by atoms with E-state index in [1.165, 1.54) is 25.7 Å². The van der Waals surface area contributed by atoms with Crippen LogP contribution in [0.5, 0.6) is 11.5 Å². The number of nitrogens with two attached hydrogens (primary N) is 1. The minimum Gasteiger partial charge on any atom is -0.497 e. The van der Waals surface area contributed by atoms with Crippen LogP contribution in [0, 0.1) is 0 Å². The summed E-state index contributed by atoms with van der Waals surface area (Å²) in [6, 6.07) is 5.23. The third-order valence-corrected chi connectivity index (χ3v) is 3.04. The molecule has 0 radical (unpaired) electrons. The molecule has 0 saturated heterocycles. The first-order valence-corrected chi connectivity index (χ1v) is 7.01. The lowest BCUT2D eigenvalue weighted by Crippen LogP contribution is -2.13. The molecule has 112 valence electrons. The Morgan fingerprint density at radius 3 is 2.50 bits per heavy atom. The standard InChI is InChI=1S/C15H24N2O3/c1-3-4-5-6-7-8-20-14-10-12(15(16)17-18)9-13(11-14)19-2/h9-11,18H,3-8H2,1-2H3,(H2,16,17). The molecule has 1 rings (SSSR count). The van der Waals surface area contributed by atoms with Crippen LogP contribution in [0.2, 0.25) is 0 Å². The average Bonchev–Trinajstić information content (AvgIpc) is 2.49. The summed E-state index contributed by atoms with van der Waals surface area (Å²) in [5.41, 5.74) is 6.16. The Hall–Kier alpha value is -1.91. The van der Waals surface area contributed by atoms with E-state index in [1.54, 1.807) is 25.3 Å². The zero-order valence-electron chi connectivity index (χ0n) is 12.3. The van der Waals surface area contributed by atoms with Gasteiger partial charge < -0.3 is 20.4 Å². The van der Waals surface area contributed by atoms with E-state index < -0.39 is 0 Å². The van der Waals surface area contributed by atoms with Crippen LogP contribution in [-0.2, 0) is 0 Å². The second-order valence-electron chi connectivity index (χ2n) is 4.65. The average molecular weight is 280 g/mol. The molecule has 0 aliphatic heterocycles. The van der Waals surface area contributed by atoms with Crippen LogP contribution in [-0.4, -0.2) is 24.8 Å². The molecular formula is C15H24N2O3. The molecule has 0 aliphatic carbocycles. The van der Waals surface area contributed by atoms with Gasteiger partial charge in [0.25, 0.3) is 0 Å². The normalized spacial score (nSPS) is 11.4. The number of benzene rings is 1. The minimum absolute atomic E-state index is 0.0386. The Labute approximate surface area is 120 Å². The number of hydrogen-bond acceptors (Lipinski definition) is 4. The number of unbranched alkanes of at least 4 members (excludes halogenated alkanes) is 4. The molecule has 0 unspecified atom stereocenters. The lowest BCUT2D eigenvalue weighted by Gasteiger charge is -2.10. The van der Waals surface area contributed by atoms with Crippen molar-refractivity contribution in [2.45, 2.75) is 39.0 Å². The number of amidine groups is 1. The lowest BCUT2D eigenvalue weighted by molar-refractivity contribution is 0.302. The number of hydrogen-bond donors (Lipinski definition) is 2. The van der Waals surface area contributed by atoms with Gasteiger partial charge in [-0.2, -0.15) is 0 Å². The largest absolute Gasteiger partial charge is 0.497 e. The van der Waals surface area contributed by atoms with E-state index in [-0.39, 0.29) is 5.84 Å². The summed E-state index contributed by atoms with van der Waals surface area (Å²) in [6.07, 6.45) is 5.95. The number of ether oxygens (including phenoxy) is 2. The Kier molecular flexibility index (Phi) is 7.32. The van der Waals surface area contributed by atoms with Gasteiger partial charge in [0.2, 0.25) is 0 Å². The summed E-state index contributed by atoms with van der Waals surface area (Å²) in [5.74, 6) is 1.33. The summed E-state index contributed by atoms with van der Waals surface area (Å²) < 4.78 is 10.9. The molecule has 0 amide bonds. The van der Waals surface area contributed by atoms with Crippen LogP contribution < -0.4 is 15.2 Å². The highest BCUT2D eigenvalue weighted by Gasteiger charge is 2.06. The fraction of sp³-hybridized carbons (Fsp3) is 0.533. The molecule has 0 bridgehead atoms. The number of oxime groups is 1. The summed E-state index contributed by atoms with van der Waals surface area (Å²) >= 11 is 0. The predicted molar refractivity (Wildman–Crippen MR) is 79.8 cm³/mol. The van der Waals surface area contributed by atoms with Crippen molar-refractivity contribution in [1.29, 1.82) is 0 Å². The highest BCUT2D eigenvalue weighted by molar-refractivity contribution is 5.97. The lowest BCUT2D eigenvalue weighted by atomic mass is 10.1. The Morgan fingerprint density at radius 2 is 1.85 bits per heavy atom. The monoisotopic (exact) mass is 280 g/mol. The van der Waals surface area contributed by atoms with Crippen molar-refractivity contribution in [1.82, 2.24) is 0 Å². The summed E-state index contributed by atoms with van der Waals surface area (Å²) in [6.45, 7) is 2.86. The Bertz CT molecular complexity index is 433. The molecule has 0 aromatic heterocycles. The first kappa shape index (κ1) is 16.1.